The second kappa shape index (κ2) is 4.00. The largest absolute Gasteiger partial charge is 0.462 e. The van der Waals surface area contributed by atoms with Crippen LogP contribution in [0.25, 0.3) is 0 Å². The second-order valence-electron chi connectivity index (χ2n) is 2.68. The quantitative estimate of drug-likeness (QED) is 0.416. The third-order valence-electron chi connectivity index (χ3n) is 0.743. The molecule has 0 aromatic rings. The Morgan fingerprint density at radius 2 is 1.78 bits per heavy atom. The average Bonchev–Trinajstić information content (AvgIpc) is 1.62. The fourth-order valence-corrected chi connectivity index (χ4v) is 0.217. The van der Waals surface area contributed by atoms with Crippen LogP contribution in [0.1, 0.15) is 20.8 Å². The maximum absolute atomic E-state index is 10.5. The van der Waals surface area contributed by atoms with E-state index in [1.165, 1.54) is 0 Å². The van der Waals surface area contributed by atoms with Gasteiger partial charge in [-0.05, 0) is 20.8 Å². The molecule has 49 valence electrons. The molecule has 0 aliphatic heterocycles. The van der Waals surface area contributed by atoms with Gasteiger partial charge in [0.1, 0.15) is 7.11 Å². The van der Waals surface area contributed by atoms with E-state index in [4.69, 9.17) is 0 Å². The first-order valence-electron chi connectivity index (χ1n) is 2.45. The van der Waals surface area contributed by atoms with Crippen molar-refractivity contribution in [1.82, 2.24) is 0 Å². The molecule has 0 aliphatic carbocycles. The SMILES string of the molecule is [CH2]OC(=O)C(C)(C)C.[Zn]. The molecular weight excluding hydrogens is 169 g/mol. The molecule has 0 saturated heterocycles. The fourth-order valence-electron chi connectivity index (χ4n) is 0.217. The first-order chi connectivity index (χ1) is 3.48. The Hall–Kier alpha value is 0.0934. The van der Waals surface area contributed by atoms with Gasteiger partial charge in [-0.3, -0.25) is 4.79 Å². The van der Waals surface area contributed by atoms with Crippen LogP contribution in [0, 0.1) is 12.5 Å². The van der Waals surface area contributed by atoms with Crippen molar-refractivity contribution in [2.24, 2.45) is 5.41 Å². The molecule has 9 heavy (non-hydrogen) atoms. The third kappa shape index (κ3) is 4.59. The number of ether oxygens (including phenoxy) is 1. The number of carbonyl (C=O) groups is 1. The molecule has 0 amide bonds. The molecule has 0 unspecified atom stereocenters. The Morgan fingerprint density at radius 3 is 1.78 bits per heavy atom. The molecule has 0 aromatic carbocycles. The van der Waals surface area contributed by atoms with Crippen LogP contribution in [0.3, 0.4) is 0 Å². The number of esters is 1. The van der Waals surface area contributed by atoms with Gasteiger partial charge >= 0.3 is 5.97 Å². The Kier molecular flexibility index (Phi) is 5.26. The minimum atomic E-state index is -0.415. The smallest absolute Gasteiger partial charge is 0.311 e. The van der Waals surface area contributed by atoms with Crippen molar-refractivity contribution < 1.29 is 29.0 Å². The topological polar surface area (TPSA) is 26.3 Å². The summed E-state index contributed by atoms with van der Waals surface area (Å²) in [7, 11) is 3.00. The zero-order valence-corrected chi connectivity index (χ0v) is 9.20. The molecule has 0 bridgehead atoms. The van der Waals surface area contributed by atoms with Gasteiger partial charge in [0.2, 0.25) is 0 Å². The molecule has 3 heteroatoms. The van der Waals surface area contributed by atoms with E-state index in [2.05, 4.69) is 11.8 Å². The van der Waals surface area contributed by atoms with E-state index in [9.17, 15) is 4.79 Å². The maximum atomic E-state index is 10.5. The molecule has 0 atom stereocenters. The summed E-state index contributed by atoms with van der Waals surface area (Å²) in [6, 6.07) is 0. The summed E-state index contributed by atoms with van der Waals surface area (Å²) in [6.45, 7) is 5.33. The van der Waals surface area contributed by atoms with Gasteiger partial charge in [0, 0.05) is 19.5 Å². The number of hydrogen-bond donors (Lipinski definition) is 0. The average molecular weight is 181 g/mol. The van der Waals surface area contributed by atoms with Gasteiger partial charge in [0.15, 0.2) is 0 Å². The van der Waals surface area contributed by atoms with Gasteiger partial charge in [-0.25, -0.2) is 0 Å². The summed E-state index contributed by atoms with van der Waals surface area (Å²) >= 11 is 0. The molecule has 1 radical (unpaired) electrons. The predicted molar refractivity (Wildman–Crippen MR) is 30.9 cm³/mol. The van der Waals surface area contributed by atoms with E-state index in [0.717, 1.165) is 0 Å². The van der Waals surface area contributed by atoms with E-state index in [1.54, 1.807) is 20.8 Å². The zero-order valence-electron chi connectivity index (χ0n) is 6.23. The van der Waals surface area contributed by atoms with Crippen LogP contribution < -0.4 is 0 Å². The summed E-state index contributed by atoms with van der Waals surface area (Å²) < 4.78 is 4.23. The van der Waals surface area contributed by atoms with Crippen LogP contribution >= 0.6 is 0 Å². The van der Waals surface area contributed by atoms with Gasteiger partial charge in [-0.15, -0.1) is 0 Å². The van der Waals surface area contributed by atoms with Crippen LogP contribution in [-0.4, -0.2) is 5.97 Å². The maximum Gasteiger partial charge on any atom is 0.311 e. The summed E-state index contributed by atoms with van der Waals surface area (Å²) in [5.74, 6) is -0.280. The number of hydrogen-bond acceptors (Lipinski definition) is 2. The van der Waals surface area contributed by atoms with Crippen LogP contribution in [-0.2, 0) is 29.0 Å². The normalized spacial score (nSPS) is 9.78. The minimum absolute atomic E-state index is 0. The fraction of sp³-hybridized carbons (Fsp3) is 0.667. The second-order valence-corrected chi connectivity index (χ2v) is 2.68. The van der Waals surface area contributed by atoms with Gasteiger partial charge in [-0.2, -0.15) is 0 Å². The van der Waals surface area contributed by atoms with Gasteiger partial charge in [-0.1, -0.05) is 0 Å². The predicted octanol–water partition coefficient (Wildman–Crippen LogP) is 1.36. The van der Waals surface area contributed by atoms with Crippen LogP contribution in [0.4, 0.5) is 0 Å². The summed E-state index contributed by atoms with van der Waals surface area (Å²) in [5.41, 5.74) is -0.415. The minimum Gasteiger partial charge on any atom is -0.462 e. The third-order valence-corrected chi connectivity index (χ3v) is 0.743. The van der Waals surface area contributed by atoms with Crippen molar-refractivity contribution in [1.29, 1.82) is 0 Å². The van der Waals surface area contributed by atoms with E-state index >= 15 is 0 Å². The van der Waals surface area contributed by atoms with Crippen molar-refractivity contribution >= 4 is 5.97 Å². The van der Waals surface area contributed by atoms with E-state index in [-0.39, 0.29) is 25.4 Å². The molecule has 0 N–H and O–H groups in total. The molecule has 0 saturated carbocycles. The van der Waals surface area contributed by atoms with Crippen molar-refractivity contribution in [2.45, 2.75) is 20.8 Å². The van der Waals surface area contributed by atoms with Gasteiger partial charge < -0.3 is 4.74 Å². The Balaban J connectivity index is 0. The van der Waals surface area contributed by atoms with E-state index < -0.39 is 5.41 Å². The Bertz CT molecular complexity index is 93.7. The summed E-state index contributed by atoms with van der Waals surface area (Å²) in [6.07, 6.45) is 0. The molecule has 0 heterocycles. The number of carbonyl (C=O) groups excluding carboxylic acids is 1. The van der Waals surface area contributed by atoms with Crippen molar-refractivity contribution in [3.8, 4) is 0 Å². The summed E-state index contributed by atoms with van der Waals surface area (Å²) in [4.78, 5) is 10.5. The van der Waals surface area contributed by atoms with Crippen molar-refractivity contribution in [2.75, 3.05) is 0 Å². The Morgan fingerprint density at radius 1 is 1.44 bits per heavy atom. The van der Waals surface area contributed by atoms with E-state index in [1.807, 2.05) is 0 Å². The van der Waals surface area contributed by atoms with E-state index in [0.29, 0.717) is 0 Å². The molecule has 0 aromatic heterocycles. The van der Waals surface area contributed by atoms with Crippen LogP contribution in [0.15, 0.2) is 0 Å². The van der Waals surface area contributed by atoms with Crippen LogP contribution in [0.2, 0.25) is 0 Å². The van der Waals surface area contributed by atoms with Gasteiger partial charge in [0.25, 0.3) is 0 Å². The standard InChI is InChI=1S/C6H11O2.Zn/c1-6(2,3)5(7)8-4;/h4H2,1-3H3;. The van der Waals surface area contributed by atoms with Crippen molar-refractivity contribution in [3.63, 3.8) is 0 Å². The number of rotatable bonds is 0. The molecule has 0 fully saturated rings. The summed E-state index contributed by atoms with van der Waals surface area (Å²) in [5, 5.41) is 0. The molecule has 0 rings (SSSR count). The molecule has 0 spiro atoms. The molecule has 2 nitrogen and oxygen atoms in total. The van der Waals surface area contributed by atoms with Crippen molar-refractivity contribution in [3.05, 3.63) is 7.11 Å². The van der Waals surface area contributed by atoms with Crippen LogP contribution in [0.5, 0.6) is 0 Å². The van der Waals surface area contributed by atoms with Gasteiger partial charge in [0.05, 0.1) is 5.41 Å². The molecule has 0 aliphatic rings. The monoisotopic (exact) mass is 179 g/mol. The first kappa shape index (κ1) is 11.8. The first-order valence-corrected chi connectivity index (χ1v) is 2.45. The Labute approximate surface area is 68.7 Å². The molecular formula is C6H11O2Zn. The zero-order chi connectivity index (χ0) is 6.78.